The van der Waals surface area contributed by atoms with Crippen LogP contribution in [-0.4, -0.2) is 9.97 Å². The SMILES string of the molecule is c1ccc2c(c1)oc1c2c(-c2ccc(-c3ccc4c5ccccc5c5ccccc5c4n3)cc2)nc2sc3ccccc3c21. The summed E-state index contributed by atoms with van der Waals surface area (Å²) in [6.45, 7) is 0. The van der Waals surface area contributed by atoms with Gasteiger partial charge >= 0.3 is 0 Å². The van der Waals surface area contributed by atoms with E-state index in [1.165, 1.54) is 37.0 Å². The number of hydrogen-bond donors (Lipinski definition) is 0. The first kappa shape index (κ1) is 23.9. The summed E-state index contributed by atoms with van der Waals surface area (Å²) in [6.07, 6.45) is 0. The van der Waals surface area contributed by atoms with Crippen LogP contribution in [0.3, 0.4) is 0 Å². The maximum absolute atomic E-state index is 6.55. The summed E-state index contributed by atoms with van der Waals surface area (Å²) in [5.74, 6) is 0. The summed E-state index contributed by atoms with van der Waals surface area (Å²) in [5, 5.41) is 10.5. The lowest BCUT2D eigenvalue weighted by atomic mass is 9.96. The standard InChI is InChI=1S/C40H22N2OS/c1-2-11-27-25(9-1)26-10-3-4-12-28(26)38-29(27)21-22-32(41-38)23-17-19-24(20-18-23)37-35-30-13-5-7-15-33(30)43-39(35)36-31-14-6-8-16-34(31)44-40(36)42-37/h1-22H. The Labute approximate surface area is 255 Å². The molecule has 0 saturated carbocycles. The second-order valence-electron chi connectivity index (χ2n) is 11.3. The number of pyridine rings is 2. The van der Waals surface area contributed by atoms with Crippen LogP contribution in [0.2, 0.25) is 0 Å². The number of furan rings is 1. The fraction of sp³-hybridized carbons (Fsp3) is 0. The summed E-state index contributed by atoms with van der Waals surface area (Å²) in [7, 11) is 0. The quantitative estimate of drug-likeness (QED) is 0.192. The van der Waals surface area contributed by atoms with Gasteiger partial charge in [0.1, 0.15) is 16.0 Å². The van der Waals surface area contributed by atoms with Crippen LogP contribution in [0.15, 0.2) is 138 Å². The Kier molecular flexibility index (Phi) is 4.87. The van der Waals surface area contributed by atoms with Gasteiger partial charge in [-0.05, 0) is 40.4 Å². The van der Waals surface area contributed by atoms with Crippen molar-refractivity contribution >= 4 is 86.0 Å². The molecule has 204 valence electrons. The largest absolute Gasteiger partial charge is 0.455 e. The zero-order valence-electron chi connectivity index (χ0n) is 23.4. The van der Waals surface area contributed by atoms with Crippen molar-refractivity contribution in [1.82, 2.24) is 9.97 Å². The topological polar surface area (TPSA) is 38.9 Å². The van der Waals surface area contributed by atoms with Crippen molar-refractivity contribution in [2.45, 2.75) is 0 Å². The lowest BCUT2D eigenvalue weighted by Crippen LogP contribution is -1.90. The highest BCUT2D eigenvalue weighted by Gasteiger charge is 2.21. The highest BCUT2D eigenvalue weighted by atomic mass is 32.1. The molecule has 10 aromatic rings. The molecule has 6 aromatic carbocycles. The van der Waals surface area contributed by atoms with Gasteiger partial charge in [0.15, 0.2) is 0 Å². The van der Waals surface area contributed by atoms with Crippen LogP contribution >= 0.6 is 11.3 Å². The molecule has 0 amide bonds. The molecule has 0 saturated heterocycles. The van der Waals surface area contributed by atoms with Crippen LogP contribution < -0.4 is 0 Å². The monoisotopic (exact) mass is 578 g/mol. The van der Waals surface area contributed by atoms with Gasteiger partial charge in [-0.3, -0.25) is 0 Å². The average molecular weight is 579 g/mol. The highest BCUT2D eigenvalue weighted by molar-refractivity contribution is 7.25. The number of rotatable bonds is 2. The van der Waals surface area contributed by atoms with E-state index in [1.807, 2.05) is 12.1 Å². The lowest BCUT2D eigenvalue weighted by Gasteiger charge is -2.11. The molecular weight excluding hydrogens is 557 g/mol. The van der Waals surface area contributed by atoms with Gasteiger partial charge in [-0.2, -0.15) is 0 Å². The van der Waals surface area contributed by atoms with E-state index in [0.717, 1.165) is 60.2 Å². The molecule has 0 aliphatic rings. The fourth-order valence-corrected chi connectivity index (χ4v) is 7.95. The normalized spacial score (nSPS) is 12.1. The molecule has 4 heterocycles. The van der Waals surface area contributed by atoms with Crippen molar-refractivity contribution in [1.29, 1.82) is 0 Å². The molecule has 0 aliphatic heterocycles. The molecule has 44 heavy (non-hydrogen) atoms. The first-order chi connectivity index (χ1) is 21.8. The Balaban J connectivity index is 1.17. The van der Waals surface area contributed by atoms with E-state index >= 15 is 0 Å². The van der Waals surface area contributed by atoms with Gasteiger partial charge in [0, 0.05) is 37.4 Å². The Morgan fingerprint density at radius 3 is 1.82 bits per heavy atom. The molecule has 0 bridgehead atoms. The summed E-state index contributed by atoms with van der Waals surface area (Å²) in [4.78, 5) is 11.5. The molecule has 0 radical (unpaired) electrons. The minimum absolute atomic E-state index is 0.880. The number of benzene rings is 6. The van der Waals surface area contributed by atoms with Crippen molar-refractivity contribution in [3.8, 4) is 22.5 Å². The number of fused-ring (bicyclic) bond motifs is 13. The van der Waals surface area contributed by atoms with Crippen LogP contribution in [0, 0.1) is 0 Å². The summed E-state index contributed by atoms with van der Waals surface area (Å²) >= 11 is 1.72. The lowest BCUT2D eigenvalue weighted by molar-refractivity contribution is 0.673. The molecule has 0 fully saturated rings. The van der Waals surface area contributed by atoms with Gasteiger partial charge in [0.25, 0.3) is 0 Å². The first-order valence-electron chi connectivity index (χ1n) is 14.8. The third kappa shape index (κ3) is 3.31. The van der Waals surface area contributed by atoms with Gasteiger partial charge in [0.2, 0.25) is 0 Å². The summed E-state index contributed by atoms with van der Waals surface area (Å²) in [5.41, 5.74) is 6.85. The second-order valence-corrected chi connectivity index (χ2v) is 12.3. The molecule has 0 N–H and O–H groups in total. The fourth-order valence-electron chi connectivity index (χ4n) is 6.87. The smallest absolute Gasteiger partial charge is 0.148 e. The van der Waals surface area contributed by atoms with E-state index in [0.29, 0.717) is 0 Å². The zero-order chi connectivity index (χ0) is 28.8. The molecule has 0 aliphatic carbocycles. The second kappa shape index (κ2) is 8.96. The molecule has 4 heteroatoms. The first-order valence-corrected chi connectivity index (χ1v) is 15.6. The number of para-hydroxylation sites is 1. The van der Waals surface area contributed by atoms with Gasteiger partial charge in [-0.15, -0.1) is 11.3 Å². The van der Waals surface area contributed by atoms with Gasteiger partial charge < -0.3 is 4.42 Å². The molecule has 3 nitrogen and oxygen atoms in total. The Bertz CT molecular complexity index is 2740. The van der Waals surface area contributed by atoms with Crippen LogP contribution in [0.5, 0.6) is 0 Å². The van der Waals surface area contributed by atoms with Crippen LogP contribution in [0.4, 0.5) is 0 Å². The predicted molar refractivity (Wildman–Crippen MR) is 186 cm³/mol. The molecule has 0 spiro atoms. The molecule has 4 aromatic heterocycles. The van der Waals surface area contributed by atoms with Crippen molar-refractivity contribution in [2.75, 3.05) is 0 Å². The third-order valence-electron chi connectivity index (χ3n) is 8.89. The average Bonchev–Trinajstić information content (AvgIpc) is 3.66. The van der Waals surface area contributed by atoms with Gasteiger partial charge in [-0.1, -0.05) is 109 Å². The van der Waals surface area contributed by atoms with Crippen molar-refractivity contribution in [3.63, 3.8) is 0 Å². The minimum atomic E-state index is 0.880. The molecule has 0 atom stereocenters. The summed E-state index contributed by atoms with van der Waals surface area (Å²) < 4.78 is 7.77. The van der Waals surface area contributed by atoms with E-state index < -0.39 is 0 Å². The third-order valence-corrected chi connectivity index (χ3v) is 9.95. The van der Waals surface area contributed by atoms with Gasteiger partial charge in [-0.25, -0.2) is 9.97 Å². The molecule has 10 rings (SSSR count). The minimum Gasteiger partial charge on any atom is -0.455 e. The molecular formula is C40H22N2OS. The maximum Gasteiger partial charge on any atom is 0.148 e. The van der Waals surface area contributed by atoms with E-state index in [2.05, 4.69) is 121 Å². The van der Waals surface area contributed by atoms with Crippen molar-refractivity contribution in [3.05, 3.63) is 133 Å². The van der Waals surface area contributed by atoms with Crippen molar-refractivity contribution < 1.29 is 4.42 Å². The Hall–Kier alpha value is -5.58. The van der Waals surface area contributed by atoms with E-state index in [4.69, 9.17) is 14.4 Å². The highest BCUT2D eigenvalue weighted by Crippen LogP contribution is 2.44. The predicted octanol–water partition coefficient (Wildman–Crippen LogP) is 11.5. The zero-order valence-corrected chi connectivity index (χ0v) is 24.2. The van der Waals surface area contributed by atoms with Crippen LogP contribution in [-0.2, 0) is 0 Å². The number of aromatic nitrogens is 2. The maximum atomic E-state index is 6.55. The van der Waals surface area contributed by atoms with Crippen molar-refractivity contribution in [2.24, 2.45) is 0 Å². The molecule has 0 unspecified atom stereocenters. The van der Waals surface area contributed by atoms with Crippen LogP contribution in [0.25, 0.3) is 97.2 Å². The number of hydrogen-bond acceptors (Lipinski definition) is 4. The van der Waals surface area contributed by atoms with E-state index in [1.54, 1.807) is 11.3 Å². The Morgan fingerprint density at radius 2 is 1.05 bits per heavy atom. The summed E-state index contributed by atoms with van der Waals surface area (Å²) in [6, 6.07) is 47.0. The van der Waals surface area contributed by atoms with Crippen LogP contribution in [0.1, 0.15) is 0 Å². The Morgan fingerprint density at radius 1 is 0.455 bits per heavy atom. The van der Waals surface area contributed by atoms with E-state index in [-0.39, 0.29) is 0 Å². The van der Waals surface area contributed by atoms with Gasteiger partial charge in [0.05, 0.1) is 27.7 Å². The number of thiophene rings is 1. The van der Waals surface area contributed by atoms with E-state index in [9.17, 15) is 0 Å². The number of nitrogens with zero attached hydrogens (tertiary/aromatic N) is 2.